The molecule has 1 saturated heterocycles. The maximum atomic E-state index is 13.1. The minimum absolute atomic E-state index is 0.0232. The van der Waals surface area contributed by atoms with Crippen LogP contribution < -0.4 is 21.3 Å². The highest BCUT2D eigenvalue weighted by Crippen LogP contribution is 2.45. The van der Waals surface area contributed by atoms with Crippen molar-refractivity contribution in [3.63, 3.8) is 0 Å². The van der Waals surface area contributed by atoms with Crippen molar-refractivity contribution < 1.29 is 23.2 Å². The molecule has 0 radical (unpaired) electrons. The molecule has 0 aromatic heterocycles. The molecule has 5 aromatic rings. The normalized spacial score (nSPS) is 15.7. The molecule has 0 bridgehead atoms. The van der Waals surface area contributed by atoms with Gasteiger partial charge in [-0.05, 0) is 81.5 Å². The number of benzene rings is 5. The molecule has 0 unspecified atom stereocenters. The number of phenols is 2. The monoisotopic (exact) mass is 719 g/mol. The van der Waals surface area contributed by atoms with Crippen LogP contribution in [0.5, 0.6) is 11.5 Å². The van der Waals surface area contributed by atoms with E-state index in [2.05, 4.69) is 49.0 Å². The van der Waals surface area contributed by atoms with Crippen LogP contribution in [0.15, 0.2) is 120 Å². The topological polar surface area (TPSA) is 146 Å². The Balaban J connectivity index is 1.39. The fourth-order valence-electron chi connectivity index (χ4n) is 7.64. The Kier molecular flexibility index (Phi) is 10.5. The van der Waals surface area contributed by atoms with Crippen LogP contribution in [-0.2, 0) is 23.2 Å². The minimum atomic E-state index is -5.01. The number of anilines is 3. The summed E-state index contributed by atoms with van der Waals surface area (Å²) in [6.45, 7) is 9.59. The molecule has 0 amide bonds. The number of aromatic hydroxyl groups is 2. The number of phenolic OH excluding ortho intramolecular Hbond substituents is 2. The highest BCUT2D eigenvalue weighted by atomic mass is 32.2. The van der Waals surface area contributed by atoms with Crippen molar-refractivity contribution in [3.05, 3.63) is 143 Å². The molecule has 10 heteroatoms. The zero-order valence-corrected chi connectivity index (χ0v) is 30.8. The lowest BCUT2D eigenvalue weighted by atomic mass is 9.79. The second-order valence-corrected chi connectivity index (χ2v) is 16.4. The molecular formula is C42H47N4O5S-. The van der Waals surface area contributed by atoms with E-state index < -0.39 is 20.9 Å². The van der Waals surface area contributed by atoms with E-state index in [9.17, 15) is 23.2 Å². The molecular weight excluding hydrogens is 673 g/mol. The first-order valence-electron chi connectivity index (χ1n) is 17.5. The molecule has 1 aliphatic heterocycles. The zero-order chi connectivity index (χ0) is 37.1. The van der Waals surface area contributed by atoms with Crippen LogP contribution in [0.25, 0.3) is 0 Å². The molecule has 0 aliphatic carbocycles. The fraction of sp³-hybridized carbons (Fsp3) is 0.286. The molecule has 0 saturated carbocycles. The number of rotatable bonds is 12. The van der Waals surface area contributed by atoms with Gasteiger partial charge in [-0.1, -0.05) is 78.9 Å². The molecule has 1 fully saturated rings. The summed E-state index contributed by atoms with van der Waals surface area (Å²) in [5, 5.41) is 36.8. The smallest absolute Gasteiger partial charge is 0.124 e. The molecule has 0 spiro atoms. The van der Waals surface area contributed by atoms with Crippen molar-refractivity contribution in [1.82, 2.24) is 5.32 Å². The summed E-state index contributed by atoms with van der Waals surface area (Å²) >= 11 is 0. The number of nitrogens with one attached hydrogen (secondary N) is 4. The van der Waals surface area contributed by atoms with Gasteiger partial charge in [0.2, 0.25) is 0 Å². The second-order valence-electron chi connectivity index (χ2n) is 15.0. The van der Waals surface area contributed by atoms with Crippen molar-refractivity contribution in [2.45, 2.75) is 81.6 Å². The summed E-state index contributed by atoms with van der Waals surface area (Å²) in [5.41, 5.74) is 4.42. The molecule has 52 heavy (non-hydrogen) atoms. The molecule has 272 valence electrons. The molecule has 5 aromatic carbocycles. The Hall–Kier alpha value is -5.03. The van der Waals surface area contributed by atoms with Crippen molar-refractivity contribution >= 4 is 27.2 Å². The highest BCUT2D eigenvalue weighted by molar-refractivity contribution is 7.85. The lowest BCUT2D eigenvalue weighted by Gasteiger charge is -2.47. The van der Waals surface area contributed by atoms with E-state index in [0.29, 0.717) is 41.3 Å². The van der Waals surface area contributed by atoms with E-state index in [-0.39, 0.29) is 34.2 Å². The summed E-state index contributed by atoms with van der Waals surface area (Å²) < 4.78 is 39.2. The summed E-state index contributed by atoms with van der Waals surface area (Å²) in [6, 6.07) is 34.6. The summed E-state index contributed by atoms with van der Waals surface area (Å²) in [6.07, 6.45) is 1.58. The van der Waals surface area contributed by atoms with Gasteiger partial charge in [-0.15, -0.1) is 0 Å². The third kappa shape index (κ3) is 9.06. The van der Waals surface area contributed by atoms with Gasteiger partial charge in [0.15, 0.2) is 0 Å². The lowest BCUT2D eigenvalue weighted by Crippen LogP contribution is -2.60. The Morgan fingerprint density at radius 1 is 0.673 bits per heavy atom. The number of hydrogen-bond donors (Lipinski definition) is 6. The zero-order valence-electron chi connectivity index (χ0n) is 30.0. The van der Waals surface area contributed by atoms with Gasteiger partial charge in [-0.2, -0.15) is 0 Å². The van der Waals surface area contributed by atoms with Crippen molar-refractivity contribution in [2.75, 3.05) is 16.0 Å². The van der Waals surface area contributed by atoms with E-state index in [1.807, 2.05) is 60.7 Å². The predicted molar refractivity (Wildman–Crippen MR) is 207 cm³/mol. The average Bonchev–Trinajstić information content (AvgIpc) is 3.07. The van der Waals surface area contributed by atoms with Crippen molar-refractivity contribution in [3.8, 4) is 11.5 Å². The Morgan fingerprint density at radius 3 is 1.56 bits per heavy atom. The van der Waals surface area contributed by atoms with E-state index in [4.69, 9.17) is 0 Å². The lowest BCUT2D eigenvalue weighted by molar-refractivity contribution is 0.170. The third-order valence-electron chi connectivity index (χ3n) is 9.52. The van der Waals surface area contributed by atoms with Gasteiger partial charge in [-0.25, -0.2) is 8.42 Å². The van der Waals surface area contributed by atoms with Crippen LogP contribution >= 0.6 is 0 Å². The number of hydrogen-bond acceptors (Lipinski definition) is 9. The SMILES string of the molecule is CC1(C)CC(Nc2ccc(C(c3ccc(NCc4ccccc4)cc3O)c3ccc(NCc4ccccc4)cc3O)c(S(=O)(=O)[O-])c2)CC(C)(C)N1. The molecule has 6 rings (SSSR count). The summed E-state index contributed by atoms with van der Waals surface area (Å²) in [7, 11) is -5.01. The van der Waals surface area contributed by atoms with Crippen molar-refractivity contribution in [1.29, 1.82) is 0 Å². The maximum Gasteiger partial charge on any atom is 0.124 e. The Bertz CT molecular complexity index is 2010. The van der Waals surface area contributed by atoms with Gasteiger partial charge in [0.25, 0.3) is 0 Å². The van der Waals surface area contributed by atoms with Gasteiger partial charge in [-0.3, -0.25) is 0 Å². The summed E-state index contributed by atoms with van der Waals surface area (Å²) in [5.74, 6) is -1.25. The first-order valence-corrected chi connectivity index (χ1v) is 18.9. The second kappa shape index (κ2) is 14.9. The van der Waals surface area contributed by atoms with Crippen LogP contribution in [-0.4, -0.2) is 40.3 Å². The molecule has 1 aliphatic rings. The van der Waals surface area contributed by atoms with E-state index in [1.54, 1.807) is 48.5 Å². The van der Waals surface area contributed by atoms with Gasteiger partial charge in [0.1, 0.15) is 21.6 Å². The summed E-state index contributed by atoms with van der Waals surface area (Å²) in [4.78, 5) is -0.425. The minimum Gasteiger partial charge on any atom is -0.744 e. The van der Waals surface area contributed by atoms with E-state index >= 15 is 0 Å². The maximum absolute atomic E-state index is 13.1. The van der Waals surface area contributed by atoms with Crippen molar-refractivity contribution in [2.24, 2.45) is 0 Å². The quantitative estimate of drug-likeness (QED) is 0.0556. The Labute approximate surface area is 306 Å². The molecule has 0 atom stereocenters. The van der Waals surface area contributed by atoms with E-state index in [1.165, 1.54) is 6.07 Å². The van der Waals surface area contributed by atoms with Crippen LogP contribution in [0.4, 0.5) is 17.1 Å². The predicted octanol–water partition coefficient (Wildman–Crippen LogP) is 8.13. The Morgan fingerprint density at radius 2 is 1.12 bits per heavy atom. The van der Waals surface area contributed by atoms with Crippen LogP contribution in [0.2, 0.25) is 0 Å². The molecule has 9 nitrogen and oxygen atoms in total. The van der Waals surface area contributed by atoms with Crippen LogP contribution in [0.1, 0.15) is 74.3 Å². The molecule has 1 heterocycles. The molecule has 6 N–H and O–H groups in total. The van der Waals surface area contributed by atoms with Crippen LogP contribution in [0, 0.1) is 0 Å². The first-order chi connectivity index (χ1) is 24.7. The standard InChI is InChI=1S/C42H48N4O5S/c1-41(2)24-33(25-42(3,4)46-41)45-32-17-20-36(39(23-32)52(49,50)51)40(34-18-15-30(21-37(34)47)43-26-28-11-7-5-8-12-28)35-19-16-31(22-38(35)48)44-27-29-13-9-6-10-14-29/h5-23,33,40,43-48H,24-27H2,1-4H3,(H,49,50,51)/p-1. The first kappa shape index (κ1) is 36.8. The highest BCUT2D eigenvalue weighted by Gasteiger charge is 2.38. The van der Waals surface area contributed by atoms with Crippen LogP contribution in [0.3, 0.4) is 0 Å². The van der Waals surface area contributed by atoms with E-state index in [0.717, 1.165) is 24.0 Å². The fourth-order valence-corrected chi connectivity index (χ4v) is 8.38. The average molecular weight is 720 g/mol. The van der Waals surface area contributed by atoms with Gasteiger partial charge in [0.05, 0.1) is 4.90 Å². The van der Waals surface area contributed by atoms with Gasteiger partial charge in [0, 0.05) is 76.4 Å². The van der Waals surface area contributed by atoms with Gasteiger partial charge < -0.3 is 36.0 Å². The van der Waals surface area contributed by atoms with Gasteiger partial charge >= 0.3 is 0 Å². The third-order valence-corrected chi connectivity index (χ3v) is 10.4. The largest absolute Gasteiger partial charge is 0.744 e. The number of piperidine rings is 1.